The summed E-state index contributed by atoms with van der Waals surface area (Å²) in [5, 5.41) is 3.94. The third kappa shape index (κ3) is 6.72. The van der Waals surface area contributed by atoms with Crippen LogP contribution in [0, 0.1) is 5.92 Å². The number of fused-ring (bicyclic) bond motifs is 1. The van der Waals surface area contributed by atoms with Gasteiger partial charge >= 0.3 is 0 Å². The predicted octanol–water partition coefficient (Wildman–Crippen LogP) is 3.31. The van der Waals surface area contributed by atoms with Gasteiger partial charge in [-0.05, 0) is 41.8 Å². The summed E-state index contributed by atoms with van der Waals surface area (Å²) in [6, 6.07) is 11.5. The highest BCUT2D eigenvalue weighted by molar-refractivity contribution is 7.92. The number of ether oxygens (including phenoxy) is 1. The summed E-state index contributed by atoms with van der Waals surface area (Å²) in [4.78, 5) is 33.1. The van der Waals surface area contributed by atoms with Crippen LogP contribution in [0.4, 0.5) is 11.4 Å². The lowest BCUT2D eigenvalue weighted by atomic mass is 9.86. The van der Waals surface area contributed by atoms with Crippen molar-refractivity contribution in [1.29, 1.82) is 0 Å². The van der Waals surface area contributed by atoms with Gasteiger partial charge in [0.15, 0.2) is 5.75 Å². The van der Waals surface area contributed by atoms with Crippen LogP contribution in [-0.2, 0) is 33.8 Å². The number of benzene rings is 2. The second-order valence-electron chi connectivity index (χ2n) is 13.1. The number of amides is 2. The molecule has 1 aromatic heterocycles. The van der Waals surface area contributed by atoms with Crippen LogP contribution in [0.15, 0.2) is 36.4 Å². The van der Waals surface area contributed by atoms with Crippen LogP contribution >= 0.6 is 0 Å². The summed E-state index contributed by atoms with van der Waals surface area (Å²) < 4.78 is 34.3. The highest BCUT2D eigenvalue weighted by Gasteiger charge is 2.34. The number of sulfonamides is 1. The fourth-order valence-electron chi connectivity index (χ4n) is 6.16. The van der Waals surface area contributed by atoms with E-state index < -0.39 is 10.0 Å². The molecule has 3 aromatic rings. The molecule has 238 valence electrons. The normalized spacial score (nSPS) is 17.0. The fourth-order valence-corrected chi connectivity index (χ4v) is 6.71. The molecule has 2 fully saturated rings. The molecule has 2 aromatic carbocycles. The minimum atomic E-state index is -3.59. The van der Waals surface area contributed by atoms with E-state index in [2.05, 4.69) is 25.9 Å². The minimum absolute atomic E-state index is 0.131. The maximum absolute atomic E-state index is 13.8. The number of para-hydroxylation sites is 1. The first kappa shape index (κ1) is 31.8. The van der Waals surface area contributed by atoms with E-state index in [0.29, 0.717) is 17.9 Å². The summed E-state index contributed by atoms with van der Waals surface area (Å²) in [6.07, 6.45) is 1.08. The van der Waals surface area contributed by atoms with E-state index in [1.807, 2.05) is 68.6 Å². The van der Waals surface area contributed by atoms with Gasteiger partial charge < -0.3 is 24.4 Å². The Morgan fingerprint density at radius 3 is 2.25 bits per heavy atom. The van der Waals surface area contributed by atoms with Gasteiger partial charge in [0.1, 0.15) is 5.69 Å². The Morgan fingerprint density at radius 1 is 1.00 bits per heavy atom. The molecular formula is C32H44N6O5S. The summed E-state index contributed by atoms with van der Waals surface area (Å²) in [5.74, 6) is 0.301. The molecule has 2 amide bonds. The number of hydrogen-bond donors (Lipinski definition) is 2. The van der Waals surface area contributed by atoms with Gasteiger partial charge in [0.25, 0.3) is 5.91 Å². The van der Waals surface area contributed by atoms with Gasteiger partial charge in [-0.3, -0.25) is 19.2 Å². The van der Waals surface area contributed by atoms with Crippen LogP contribution in [-0.4, -0.2) is 99.2 Å². The molecule has 44 heavy (non-hydrogen) atoms. The number of rotatable bonds is 8. The minimum Gasteiger partial charge on any atom is -0.492 e. The maximum Gasteiger partial charge on any atom is 0.272 e. The number of nitrogens with one attached hydrogen (secondary N) is 2. The Balaban J connectivity index is 1.37. The van der Waals surface area contributed by atoms with Gasteiger partial charge in [0.2, 0.25) is 15.9 Å². The molecule has 0 atom stereocenters. The predicted molar refractivity (Wildman–Crippen MR) is 174 cm³/mol. The molecule has 0 saturated carbocycles. The molecule has 0 spiro atoms. The Morgan fingerprint density at radius 2 is 1.66 bits per heavy atom. The monoisotopic (exact) mass is 624 g/mol. The van der Waals surface area contributed by atoms with E-state index in [0.717, 1.165) is 67.6 Å². The third-order valence-electron chi connectivity index (χ3n) is 8.57. The van der Waals surface area contributed by atoms with Crippen molar-refractivity contribution in [3.05, 3.63) is 53.2 Å². The highest BCUT2D eigenvalue weighted by atomic mass is 32.2. The van der Waals surface area contributed by atoms with Crippen molar-refractivity contribution < 1.29 is 22.7 Å². The second-order valence-corrected chi connectivity index (χ2v) is 14.9. The molecule has 2 aliphatic rings. The van der Waals surface area contributed by atoms with Crippen molar-refractivity contribution >= 4 is 44.1 Å². The first-order valence-electron chi connectivity index (χ1n) is 14.9. The molecule has 5 rings (SSSR count). The summed E-state index contributed by atoms with van der Waals surface area (Å²) >= 11 is 0. The summed E-state index contributed by atoms with van der Waals surface area (Å²) in [5.41, 5.74) is 3.71. The van der Waals surface area contributed by atoms with E-state index in [4.69, 9.17) is 4.74 Å². The van der Waals surface area contributed by atoms with Crippen molar-refractivity contribution in [2.24, 2.45) is 13.0 Å². The van der Waals surface area contributed by atoms with Crippen LogP contribution in [0.25, 0.3) is 10.9 Å². The molecule has 0 bridgehead atoms. The van der Waals surface area contributed by atoms with Crippen LogP contribution in [0.5, 0.6) is 5.75 Å². The Kier molecular flexibility index (Phi) is 8.71. The zero-order chi connectivity index (χ0) is 32.0. The van der Waals surface area contributed by atoms with Gasteiger partial charge in [0, 0.05) is 58.2 Å². The lowest BCUT2D eigenvalue weighted by molar-refractivity contribution is -0.142. The average Bonchev–Trinajstić information content (AvgIpc) is 3.27. The number of carbonyl (C=O) groups is 2. The molecule has 2 aliphatic heterocycles. The van der Waals surface area contributed by atoms with Crippen LogP contribution in [0.1, 0.15) is 42.4 Å². The van der Waals surface area contributed by atoms with Crippen LogP contribution < -0.4 is 14.8 Å². The lowest BCUT2D eigenvalue weighted by Gasteiger charge is -2.41. The van der Waals surface area contributed by atoms with Gasteiger partial charge in [-0.25, -0.2) is 8.42 Å². The summed E-state index contributed by atoms with van der Waals surface area (Å²) in [7, 11) is 1.77. The Labute approximate surface area is 260 Å². The van der Waals surface area contributed by atoms with Crippen molar-refractivity contribution in [2.75, 3.05) is 69.7 Å². The standard InChI is InChI=1S/C32H44N6O5S/c1-32(2,3)24-16-25(29(43-6)26(17-24)34-44(7,41)42)33-30(39)27-15-21-9-8-10-22(28(21)36(27)5)20-37-11-13-38(14-12-37)31(40)23-18-35(4)19-23/h8-10,15-17,23,34H,11-14,18-20H2,1-7H3,(H,33,39). The van der Waals surface area contributed by atoms with Crippen LogP contribution in [0.3, 0.4) is 0 Å². The molecule has 3 heterocycles. The topological polar surface area (TPSA) is 116 Å². The fraction of sp³-hybridized carbons (Fsp3) is 0.500. The van der Waals surface area contributed by atoms with E-state index in [1.165, 1.54) is 7.11 Å². The number of likely N-dealkylation sites (tertiary alicyclic amines) is 1. The first-order chi connectivity index (χ1) is 20.6. The number of carbonyl (C=O) groups excluding carboxylic acids is 2. The first-order valence-corrected chi connectivity index (χ1v) is 16.8. The van der Waals surface area contributed by atoms with E-state index >= 15 is 0 Å². The average molecular weight is 625 g/mol. The largest absolute Gasteiger partial charge is 0.492 e. The number of nitrogens with zero attached hydrogens (tertiary/aromatic N) is 4. The van der Waals surface area contributed by atoms with Gasteiger partial charge in [-0.15, -0.1) is 0 Å². The smallest absolute Gasteiger partial charge is 0.272 e. The highest BCUT2D eigenvalue weighted by Crippen LogP contribution is 2.39. The van der Waals surface area contributed by atoms with Crippen molar-refractivity contribution in [3.63, 3.8) is 0 Å². The molecule has 2 N–H and O–H groups in total. The van der Waals surface area contributed by atoms with Crippen molar-refractivity contribution in [1.82, 2.24) is 19.3 Å². The summed E-state index contributed by atoms with van der Waals surface area (Å²) in [6.45, 7) is 11.5. The molecule has 0 aliphatic carbocycles. The molecule has 0 radical (unpaired) electrons. The molecule has 0 unspecified atom stereocenters. The second kappa shape index (κ2) is 12.1. The Hall–Kier alpha value is -3.61. The molecule has 2 saturated heterocycles. The SMILES string of the molecule is COc1c(NC(=O)c2cc3cccc(CN4CCN(C(=O)C5CN(C)C5)CC4)c3n2C)cc(C(C)(C)C)cc1NS(C)(=O)=O. The van der Waals surface area contributed by atoms with Crippen molar-refractivity contribution in [3.8, 4) is 5.75 Å². The number of piperazine rings is 1. The number of hydrogen-bond acceptors (Lipinski definition) is 7. The number of methoxy groups -OCH3 is 1. The van der Waals surface area contributed by atoms with E-state index in [9.17, 15) is 18.0 Å². The van der Waals surface area contributed by atoms with Crippen LogP contribution in [0.2, 0.25) is 0 Å². The molecule has 12 heteroatoms. The number of aryl methyl sites for hydroxylation is 1. The van der Waals surface area contributed by atoms with Gasteiger partial charge in [-0.2, -0.15) is 0 Å². The number of anilines is 2. The Bertz CT molecular complexity index is 1680. The zero-order valence-corrected chi connectivity index (χ0v) is 27.5. The molecular weight excluding hydrogens is 580 g/mol. The van der Waals surface area contributed by atoms with E-state index in [1.54, 1.807) is 6.07 Å². The number of aromatic nitrogens is 1. The van der Waals surface area contributed by atoms with Gasteiger partial charge in [-0.1, -0.05) is 39.0 Å². The van der Waals surface area contributed by atoms with Gasteiger partial charge in [0.05, 0.1) is 36.2 Å². The van der Waals surface area contributed by atoms with Crippen molar-refractivity contribution in [2.45, 2.75) is 32.7 Å². The molecule has 11 nitrogen and oxygen atoms in total. The maximum atomic E-state index is 13.8. The lowest BCUT2D eigenvalue weighted by Crippen LogP contribution is -2.56. The van der Waals surface area contributed by atoms with E-state index in [-0.39, 0.29) is 34.6 Å². The quantitative estimate of drug-likeness (QED) is 0.395. The third-order valence-corrected chi connectivity index (χ3v) is 9.16. The zero-order valence-electron chi connectivity index (χ0n) is 26.7.